The molecule has 1 unspecified atom stereocenters. The lowest BCUT2D eigenvalue weighted by molar-refractivity contribution is -0.148. The third kappa shape index (κ3) is 2.83. The van der Waals surface area contributed by atoms with Crippen molar-refractivity contribution >= 4 is 11.9 Å². The molecule has 1 N–H and O–H groups in total. The first-order valence-corrected chi connectivity index (χ1v) is 6.67. The first-order chi connectivity index (χ1) is 9.57. The fourth-order valence-electron chi connectivity index (χ4n) is 2.39. The fraction of sp³-hybridized carbons (Fsp3) is 0.375. The maximum absolute atomic E-state index is 12.0. The molecule has 1 atom stereocenters. The van der Waals surface area contributed by atoms with Crippen molar-refractivity contribution in [2.24, 2.45) is 5.41 Å². The molecule has 1 aromatic carbocycles. The molecule has 0 aromatic heterocycles. The molecule has 2 rings (SSSR count). The van der Waals surface area contributed by atoms with Crippen molar-refractivity contribution in [1.82, 2.24) is 4.90 Å². The first-order valence-electron chi connectivity index (χ1n) is 6.67. The van der Waals surface area contributed by atoms with Gasteiger partial charge < -0.3 is 10.0 Å². The third-order valence-electron chi connectivity index (χ3n) is 3.86. The predicted molar refractivity (Wildman–Crippen MR) is 74.9 cm³/mol. The minimum absolute atomic E-state index is 0.251. The van der Waals surface area contributed by atoms with Crippen LogP contribution in [0.5, 0.6) is 0 Å². The molecule has 1 heterocycles. The number of carboxylic acids is 1. The molecule has 0 radical (unpaired) electrons. The third-order valence-corrected chi connectivity index (χ3v) is 3.86. The van der Waals surface area contributed by atoms with Gasteiger partial charge in [-0.15, -0.1) is 0 Å². The molecule has 0 saturated carbocycles. The summed E-state index contributed by atoms with van der Waals surface area (Å²) < 4.78 is 0. The molecule has 1 aliphatic heterocycles. The van der Waals surface area contributed by atoms with Gasteiger partial charge in [0.15, 0.2) is 0 Å². The van der Waals surface area contributed by atoms with Gasteiger partial charge in [-0.1, -0.05) is 31.0 Å². The van der Waals surface area contributed by atoms with Crippen LogP contribution in [-0.2, 0) is 9.59 Å². The standard InChI is InChI=1S/C16H17NO3/c1-2-16(15(19)20)10-11-17(12-16)14(18)9-8-13-6-4-3-5-7-13/h3-7H,2,10-12H2,1H3,(H,19,20). The number of rotatable bonds is 2. The monoisotopic (exact) mass is 271 g/mol. The number of amides is 1. The molecule has 4 heteroatoms. The Hall–Kier alpha value is -2.28. The Morgan fingerprint density at radius 2 is 2.05 bits per heavy atom. The van der Waals surface area contributed by atoms with E-state index >= 15 is 0 Å². The van der Waals surface area contributed by atoms with Gasteiger partial charge >= 0.3 is 5.97 Å². The quantitative estimate of drug-likeness (QED) is 0.834. The summed E-state index contributed by atoms with van der Waals surface area (Å²) in [6, 6.07) is 9.26. The summed E-state index contributed by atoms with van der Waals surface area (Å²) in [5, 5.41) is 9.30. The van der Waals surface area contributed by atoms with Gasteiger partial charge in [0.05, 0.1) is 5.41 Å². The van der Waals surface area contributed by atoms with Crippen molar-refractivity contribution in [3.05, 3.63) is 35.9 Å². The predicted octanol–water partition coefficient (Wildman–Crippen LogP) is 1.75. The molecule has 1 amide bonds. The number of hydrogen-bond acceptors (Lipinski definition) is 2. The largest absolute Gasteiger partial charge is 0.481 e. The zero-order chi connectivity index (χ0) is 14.6. The normalized spacial score (nSPS) is 21.1. The number of carbonyl (C=O) groups excluding carboxylic acids is 1. The van der Waals surface area contributed by atoms with E-state index in [1.54, 1.807) is 0 Å². The SMILES string of the molecule is CCC1(C(=O)O)CCN(C(=O)C#Cc2ccccc2)C1. The van der Waals surface area contributed by atoms with Crippen LogP contribution < -0.4 is 0 Å². The number of likely N-dealkylation sites (tertiary alicyclic amines) is 1. The van der Waals surface area contributed by atoms with Gasteiger partial charge in [0.25, 0.3) is 5.91 Å². The van der Waals surface area contributed by atoms with Crippen LogP contribution in [-0.4, -0.2) is 35.0 Å². The van der Waals surface area contributed by atoms with Crippen LogP contribution in [0.15, 0.2) is 30.3 Å². The summed E-state index contributed by atoms with van der Waals surface area (Å²) >= 11 is 0. The molecule has 1 fully saturated rings. The highest BCUT2D eigenvalue weighted by Crippen LogP contribution is 2.34. The summed E-state index contributed by atoms with van der Waals surface area (Å²) in [5.74, 6) is 4.26. The van der Waals surface area contributed by atoms with Gasteiger partial charge in [-0.05, 0) is 25.0 Å². The molecule has 1 saturated heterocycles. The summed E-state index contributed by atoms with van der Waals surface area (Å²) in [4.78, 5) is 24.9. The number of carboxylic acid groups (broad SMARTS) is 1. The van der Waals surface area contributed by atoms with E-state index in [-0.39, 0.29) is 12.5 Å². The van der Waals surface area contributed by atoms with Gasteiger partial charge in [-0.2, -0.15) is 0 Å². The van der Waals surface area contributed by atoms with Crippen LogP contribution in [0.2, 0.25) is 0 Å². The zero-order valence-corrected chi connectivity index (χ0v) is 11.4. The molecule has 0 spiro atoms. The van der Waals surface area contributed by atoms with E-state index in [4.69, 9.17) is 0 Å². The lowest BCUT2D eigenvalue weighted by Gasteiger charge is -2.21. The Labute approximate surface area is 118 Å². The first kappa shape index (κ1) is 14.1. The summed E-state index contributed by atoms with van der Waals surface area (Å²) in [7, 11) is 0. The maximum Gasteiger partial charge on any atom is 0.311 e. The van der Waals surface area contributed by atoms with Crippen LogP contribution in [0.4, 0.5) is 0 Å². The summed E-state index contributed by atoms with van der Waals surface area (Å²) in [6.07, 6.45) is 1.02. The Morgan fingerprint density at radius 1 is 1.35 bits per heavy atom. The number of nitrogens with zero attached hydrogens (tertiary/aromatic N) is 1. The Bertz CT molecular complexity index is 570. The van der Waals surface area contributed by atoms with Gasteiger partial charge in [-0.3, -0.25) is 9.59 Å². The average molecular weight is 271 g/mol. The van der Waals surface area contributed by atoms with E-state index in [0.717, 1.165) is 5.56 Å². The van der Waals surface area contributed by atoms with Crippen molar-refractivity contribution in [3.8, 4) is 11.8 Å². The molecule has 0 aliphatic carbocycles. The second-order valence-corrected chi connectivity index (χ2v) is 5.03. The molecular weight excluding hydrogens is 254 g/mol. The molecule has 1 aromatic rings. The van der Waals surface area contributed by atoms with E-state index in [1.165, 1.54) is 4.90 Å². The molecule has 20 heavy (non-hydrogen) atoms. The second-order valence-electron chi connectivity index (χ2n) is 5.03. The van der Waals surface area contributed by atoms with Crippen LogP contribution >= 0.6 is 0 Å². The van der Waals surface area contributed by atoms with Gasteiger partial charge in [-0.25, -0.2) is 0 Å². The number of aliphatic carboxylic acids is 1. The van der Waals surface area contributed by atoms with Gasteiger partial charge in [0.2, 0.25) is 0 Å². The molecule has 1 aliphatic rings. The number of carbonyl (C=O) groups is 2. The van der Waals surface area contributed by atoms with E-state index in [1.807, 2.05) is 37.3 Å². The highest BCUT2D eigenvalue weighted by Gasteiger charge is 2.44. The number of hydrogen-bond donors (Lipinski definition) is 1. The highest BCUT2D eigenvalue weighted by atomic mass is 16.4. The smallest absolute Gasteiger partial charge is 0.311 e. The van der Waals surface area contributed by atoms with E-state index < -0.39 is 11.4 Å². The zero-order valence-electron chi connectivity index (χ0n) is 11.4. The topological polar surface area (TPSA) is 57.6 Å². The molecule has 0 bridgehead atoms. The van der Waals surface area contributed by atoms with Crippen molar-refractivity contribution < 1.29 is 14.7 Å². The highest BCUT2D eigenvalue weighted by molar-refractivity contribution is 5.95. The van der Waals surface area contributed by atoms with E-state index in [0.29, 0.717) is 19.4 Å². The van der Waals surface area contributed by atoms with E-state index in [2.05, 4.69) is 11.8 Å². The summed E-state index contributed by atoms with van der Waals surface area (Å²) in [5.41, 5.74) is -0.0237. The fourth-order valence-corrected chi connectivity index (χ4v) is 2.39. The van der Waals surface area contributed by atoms with Crippen molar-refractivity contribution in [2.75, 3.05) is 13.1 Å². The Balaban J connectivity index is 2.06. The van der Waals surface area contributed by atoms with Crippen LogP contribution in [0.25, 0.3) is 0 Å². The molecular formula is C16H17NO3. The lowest BCUT2D eigenvalue weighted by atomic mass is 9.84. The Kier molecular flexibility index (Phi) is 4.09. The van der Waals surface area contributed by atoms with Crippen LogP contribution in [0.3, 0.4) is 0 Å². The van der Waals surface area contributed by atoms with E-state index in [9.17, 15) is 14.7 Å². The summed E-state index contributed by atoms with van der Waals surface area (Å²) in [6.45, 7) is 2.56. The minimum atomic E-state index is -0.827. The van der Waals surface area contributed by atoms with Crippen LogP contribution in [0.1, 0.15) is 25.3 Å². The molecule has 104 valence electrons. The van der Waals surface area contributed by atoms with Crippen molar-refractivity contribution in [3.63, 3.8) is 0 Å². The second kappa shape index (κ2) is 5.79. The van der Waals surface area contributed by atoms with Crippen molar-refractivity contribution in [1.29, 1.82) is 0 Å². The van der Waals surface area contributed by atoms with Crippen molar-refractivity contribution in [2.45, 2.75) is 19.8 Å². The number of benzene rings is 1. The van der Waals surface area contributed by atoms with Gasteiger partial charge in [0.1, 0.15) is 0 Å². The molecule has 4 nitrogen and oxygen atoms in total. The van der Waals surface area contributed by atoms with Gasteiger partial charge in [0, 0.05) is 24.6 Å². The maximum atomic E-state index is 12.0. The minimum Gasteiger partial charge on any atom is -0.481 e. The van der Waals surface area contributed by atoms with Crippen LogP contribution in [0, 0.1) is 17.3 Å². The lowest BCUT2D eigenvalue weighted by Crippen LogP contribution is -2.36. The Morgan fingerprint density at radius 3 is 2.60 bits per heavy atom. The average Bonchev–Trinajstić information content (AvgIpc) is 2.92.